The molecule has 21 heavy (non-hydrogen) atoms. The Hall–Kier alpha value is -1.55. The number of carbonyl (C=O) groups is 1. The molecule has 0 amide bonds. The fourth-order valence-electron chi connectivity index (χ4n) is 1.83. The summed E-state index contributed by atoms with van der Waals surface area (Å²) in [6.45, 7) is 9.00. The summed E-state index contributed by atoms with van der Waals surface area (Å²) >= 11 is 0. The molecule has 1 aromatic rings. The molecular weight excluding hydrogens is 266 g/mol. The summed E-state index contributed by atoms with van der Waals surface area (Å²) in [6.07, 6.45) is 0.922. The van der Waals surface area contributed by atoms with E-state index in [4.69, 9.17) is 9.47 Å². The summed E-state index contributed by atoms with van der Waals surface area (Å²) in [5.74, 6) is 0.574. The van der Waals surface area contributed by atoms with Gasteiger partial charge < -0.3 is 14.8 Å². The van der Waals surface area contributed by atoms with E-state index >= 15 is 0 Å². The zero-order valence-electron chi connectivity index (χ0n) is 13.7. The Labute approximate surface area is 127 Å². The Kier molecular flexibility index (Phi) is 6.69. The van der Waals surface area contributed by atoms with Crippen LogP contribution in [-0.4, -0.2) is 31.8 Å². The van der Waals surface area contributed by atoms with Gasteiger partial charge in [-0.1, -0.05) is 19.1 Å². The van der Waals surface area contributed by atoms with Gasteiger partial charge in [-0.25, -0.2) is 0 Å². The van der Waals surface area contributed by atoms with Crippen molar-refractivity contribution >= 4 is 5.97 Å². The van der Waals surface area contributed by atoms with Crippen molar-refractivity contribution in [2.75, 3.05) is 20.2 Å². The van der Waals surface area contributed by atoms with Crippen LogP contribution in [0.4, 0.5) is 0 Å². The molecule has 0 aliphatic heterocycles. The van der Waals surface area contributed by atoms with Crippen LogP contribution >= 0.6 is 0 Å². The van der Waals surface area contributed by atoms with Crippen LogP contribution < -0.4 is 10.1 Å². The maximum absolute atomic E-state index is 11.8. The second-order valence-electron chi connectivity index (χ2n) is 6.24. The van der Waals surface area contributed by atoms with Crippen molar-refractivity contribution in [2.45, 2.75) is 39.7 Å². The fourth-order valence-corrected chi connectivity index (χ4v) is 1.83. The van der Waals surface area contributed by atoms with Crippen LogP contribution in [0.1, 0.15) is 33.3 Å². The third-order valence-electron chi connectivity index (χ3n) is 3.01. The molecule has 0 saturated heterocycles. The third kappa shape index (κ3) is 7.14. The predicted molar refractivity (Wildman–Crippen MR) is 84.6 cm³/mol. The van der Waals surface area contributed by atoms with E-state index in [0.29, 0.717) is 6.54 Å². The lowest BCUT2D eigenvalue weighted by molar-refractivity contribution is -0.159. The average Bonchev–Trinajstić information content (AvgIpc) is 2.42. The molecule has 0 unspecified atom stereocenters. The van der Waals surface area contributed by atoms with Gasteiger partial charge in [0.15, 0.2) is 0 Å². The van der Waals surface area contributed by atoms with Crippen LogP contribution in [-0.2, 0) is 16.0 Å². The largest absolute Gasteiger partial charge is 0.497 e. The maximum Gasteiger partial charge on any atom is 0.310 e. The first-order valence-electron chi connectivity index (χ1n) is 7.38. The van der Waals surface area contributed by atoms with E-state index in [0.717, 1.165) is 18.7 Å². The van der Waals surface area contributed by atoms with Crippen LogP contribution in [0.3, 0.4) is 0 Å². The molecule has 0 heterocycles. The highest BCUT2D eigenvalue weighted by molar-refractivity contribution is 5.72. The Balaban J connectivity index is 2.25. The summed E-state index contributed by atoms with van der Waals surface area (Å²) in [6, 6.07) is 8.02. The van der Waals surface area contributed by atoms with Gasteiger partial charge in [0.25, 0.3) is 0 Å². The monoisotopic (exact) mass is 293 g/mol. The molecule has 0 spiro atoms. The minimum Gasteiger partial charge on any atom is -0.497 e. The number of benzene rings is 1. The lowest BCUT2D eigenvalue weighted by Gasteiger charge is -2.22. The van der Waals surface area contributed by atoms with Crippen LogP contribution in [0.15, 0.2) is 24.3 Å². The quantitative estimate of drug-likeness (QED) is 0.620. The molecule has 1 aromatic carbocycles. The van der Waals surface area contributed by atoms with E-state index in [1.165, 1.54) is 5.56 Å². The first-order valence-corrected chi connectivity index (χ1v) is 7.38. The minimum absolute atomic E-state index is 0.139. The molecule has 1 atom stereocenters. The smallest absolute Gasteiger partial charge is 0.310 e. The van der Waals surface area contributed by atoms with Gasteiger partial charge in [-0.3, -0.25) is 4.79 Å². The first kappa shape index (κ1) is 17.5. The number of esters is 1. The second-order valence-corrected chi connectivity index (χ2v) is 6.24. The van der Waals surface area contributed by atoms with E-state index in [1.54, 1.807) is 7.11 Å². The molecule has 4 nitrogen and oxygen atoms in total. The molecule has 0 bridgehead atoms. The number of rotatable bonds is 7. The van der Waals surface area contributed by atoms with E-state index in [-0.39, 0.29) is 11.9 Å². The van der Waals surface area contributed by atoms with Gasteiger partial charge >= 0.3 is 5.97 Å². The van der Waals surface area contributed by atoms with Gasteiger partial charge in [-0.2, -0.15) is 0 Å². The van der Waals surface area contributed by atoms with Gasteiger partial charge in [0.05, 0.1) is 13.0 Å². The molecule has 1 rings (SSSR count). The van der Waals surface area contributed by atoms with Crippen LogP contribution in [0.2, 0.25) is 0 Å². The highest BCUT2D eigenvalue weighted by atomic mass is 16.6. The summed E-state index contributed by atoms with van der Waals surface area (Å²) in [4.78, 5) is 11.8. The van der Waals surface area contributed by atoms with Gasteiger partial charge in [0.1, 0.15) is 11.4 Å². The van der Waals surface area contributed by atoms with Crippen molar-refractivity contribution in [3.05, 3.63) is 29.8 Å². The Bertz CT molecular complexity index is 434. The van der Waals surface area contributed by atoms with Crippen molar-refractivity contribution in [1.29, 1.82) is 0 Å². The SMILES string of the molecule is COc1ccc(CCNC[C@@H](C)C(=O)OC(C)(C)C)cc1. The summed E-state index contributed by atoms with van der Waals surface area (Å²) in [7, 11) is 1.66. The van der Waals surface area contributed by atoms with E-state index in [2.05, 4.69) is 17.4 Å². The molecule has 1 N–H and O–H groups in total. The number of methoxy groups -OCH3 is 1. The molecule has 0 aliphatic rings. The number of ether oxygens (including phenoxy) is 2. The van der Waals surface area contributed by atoms with Crippen molar-refractivity contribution in [3.8, 4) is 5.75 Å². The molecule has 0 aliphatic carbocycles. The van der Waals surface area contributed by atoms with Crippen molar-refractivity contribution in [1.82, 2.24) is 5.32 Å². The minimum atomic E-state index is -0.422. The number of hydrogen-bond donors (Lipinski definition) is 1. The number of hydrogen-bond acceptors (Lipinski definition) is 4. The standard InChI is InChI=1S/C17H27NO3/c1-13(16(19)21-17(2,3)4)12-18-11-10-14-6-8-15(20-5)9-7-14/h6-9,13,18H,10-12H2,1-5H3/t13-/m1/s1. The fraction of sp³-hybridized carbons (Fsp3) is 0.588. The van der Waals surface area contributed by atoms with Gasteiger partial charge in [0.2, 0.25) is 0 Å². The molecule has 4 heteroatoms. The zero-order chi connectivity index (χ0) is 15.9. The lowest BCUT2D eigenvalue weighted by atomic mass is 10.1. The zero-order valence-corrected chi connectivity index (χ0v) is 13.7. The van der Waals surface area contributed by atoms with Crippen molar-refractivity contribution in [3.63, 3.8) is 0 Å². The Morgan fingerprint density at radius 1 is 1.24 bits per heavy atom. The normalized spacial score (nSPS) is 12.8. The predicted octanol–water partition coefficient (Wildman–Crippen LogP) is 2.81. The third-order valence-corrected chi connectivity index (χ3v) is 3.01. The molecule has 0 radical (unpaired) electrons. The van der Waals surface area contributed by atoms with Crippen LogP contribution in [0, 0.1) is 5.92 Å². The lowest BCUT2D eigenvalue weighted by Crippen LogP contribution is -2.33. The Morgan fingerprint density at radius 2 is 1.86 bits per heavy atom. The maximum atomic E-state index is 11.8. The van der Waals surface area contributed by atoms with E-state index < -0.39 is 5.60 Å². The first-order chi connectivity index (χ1) is 9.81. The van der Waals surface area contributed by atoms with Crippen molar-refractivity contribution < 1.29 is 14.3 Å². The second kappa shape index (κ2) is 8.03. The van der Waals surface area contributed by atoms with E-state index in [9.17, 15) is 4.79 Å². The van der Waals surface area contributed by atoms with Crippen LogP contribution in [0.25, 0.3) is 0 Å². The van der Waals surface area contributed by atoms with Crippen molar-refractivity contribution in [2.24, 2.45) is 5.92 Å². The summed E-state index contributed by atoms with van der Waals surface area (Å²) in [5.41, 5.74) is 0.822. The summed E-state index contributed by atoms with van der Waals surface area (Å²) in [5, 5.41) is 3.30. The molecule has 0 aromatic heterocycles. The topological polar surface area (TPSA) is 47.6 Å². The van der Waals surface area contributed by atoms with Crippen LogP contribution in [0.5, 0.6) is 5.75 Å². The highest BCUT2D eigenvalue weighted by Gasteiger charge is 2.21. The van der Waals surface area contributed by atoms with E-state index in [1.807, 2.05) is 39.8 Å². The number of nitrogens with one attached hydrogen (secondary N) is 1. The van der Waals surface area contributed by atoms with Gasteiger partial charge in [0, 0.05) is 6.54 Å². The molecule has 0 fully saturated rings. The Morgan fingerprint density at radius 3 is 2.38 bits per heavy atom. The molecular formula is C17H27NO3. The van der Waals surface area contributed by atoms with Gasteiger partial charge in [-0.15, -0.1) is 0 Å². The molecule has 118 valence electrons. The average molecular weight is 293 g/mol. The highest BCUT2D eigenvalue weighted by Crippen LogP contribution is 2.12. The van der Waals surface area contributed by atoms with Gasteiger partial charge in [-0.05, 0) is 51.4 Å². The number of carbonyl (C=O) groups excluding carboxylic acids is 1. The summed E-state index contributed by atoms with van der Waals surface area (Å²) < 4.78 is 10.5. The molecule has 0 saturated carbocycles.